The van der Waals surface area contributed by atoms with E-state index in [0.29, 0.717) is 29.3 Å². The van der Waals surface area contributed by atoms with Gasteiger partial charge in [-0.3, -0.25) is 19.3 Å². The molecule has 0 saturated heterocycles. The summed E-state index contributed by atoms with van der Waals surface area (Å²) in [5, 5.41) is 0. The van der Waals surface area contributed by atoms with Gasteiger partial charge in [-0.25, -0.2) is 0 Å². The normalized spacial score (nSPS) is 16.8. The molecule has 4 rings (SSSR count). The Morgan fingerprint density at radius 3 is 2.24 bits per heavy atom. The molecule has 0 aromatic heterocycles. The van der Waals surface area contributed by atoms with E-state index in [-0.39, 0.29) is 24.3 Å². The summed E-state index contributed by atoms with van der Waals surface area (Å²) >= 11 is 0. The van der Waals surface area contributed by atoms with Crippen molar-refractivity contribution in [2.45, 2.75) is 51.6 Å². The van der Waals surface area contributed by atoms with Crippen molar-refractivity contribution in [2.24, 2.45) is 0 Å². The van der Waals surface area contributed by atoms with E-state index in [2.05, 4.69) is 0 Å². The maximum atomic E-state index is 13.2. The third-order valence-corrected chi connectivity index (χ3v) is 6.01. The van der Waals surface area contributed by atoms with Gasteiger partial charge in [0.15, 0.2) is 0 Å². The van der Waals surface area contributed by atoms with Crippen LogP contribution in [0.25, 0.3) is 0 Å². The van der Waals surface area contributed by atoms with Crippen LogP contribution in [0.2, 0.25) is 0 Å². The third kappa shape index (κ3) is 3.69. The van der Waals surface area contributed by atoms with Crippen molar-refractivity contribution < 1.29 is 14.4 Å². The first-order valence-corrected chi connectivity index (χ1v) is 10.4. The zero-order valence-corrected chi connectivity index (χ0v) is 16.8. The van der Waals surface area contributed by atoms with Crippen LogP contribution in [-0.2, 0) is 6.54 Å². The minimum absolute atomic E-state index is 0.0311. The van der Waals surface area contributed by atoms with E-state index in [9.17, 15) is 14.4 Å². The topological polar surface area (TPSA) is 57.7 Å². The van der Waals surface area contributed by atoms with Gasteiger partial charge in [-0.1, -0.05) is 43.5 Å². The summed E-state index contributed by atoms with van der Waals surface area (Å²) in [7, 11) is 0. The van der Waals surface area contributed by atoms with Crippen LogP contribution in [0.5, 0.6) is 0 Å². The van der Waals surface area contributed by atoms with Gasteiger partial charge in [0, 0.05) is 18.2 Å². The number of carbonyl (C=O) groups is 3. The van der Waals surface area contributed by atoms with E-state index in [1.807, 2.05) is 36.1 Å². The number of imide groups is 1. The Bertz CT molecular complexity index is 912. The second-order valence-corrected chi connectivity index (χ2v) is 7.83. The molecular weight excluding hydrogens is 364 g/mol. The zero-order chi connectivity index (χ0) is 20.4. The second-order valence-electron chi connectivity index (χ2n) is 7.83. The van der Waals surface area contributed by atoms with Crippen LogP contribution in [0.15, 0.2) is 48.5 Å². The van der Waals surface area contributed by atoms with E-state index in [4.69, 9.17) is 0 Å². The highest BCUT2D eigenvalue weighted by atomic mass is 16.2. The van der Waals surface area contributed by atoms with Crippen molar-refractivity contribution in [3.05, 3.63) is 70.8 Å². The highest BCUT2D eigenvalue weighted by Gasteiger charge is 2.35. The van der Waals surface area contributed by atoms with Gasteiger partial charge in [0.1, 0.15) is 0 Å². The van der Waals surface area contributed by atoms with Crippen molar-refractivity contribution in [3.8, 4) is 0 Å². The molecule has 0 radical (unpaired) electrons. The van der Waals surface area contributed by atoms with Gasteiger partial charge in [-0.05, 0) is 49.6 Å². The average Bonchev–Trinajstić information content (AvgIpc) is 3.00. The number of nitrogens with zero attached hydrogens (tertiary/aromatic N) is 2. The Labute approximate surface area is 171 Å². The van der Waals surface area contributed by atoms with Crippen molar-refractivity contribution in [1.82, 2.24) is 9.80 Å². The lowest BCUT2D eigenvalue weighted by atomic mass is 9.93. The first kappa shape index (κ1) is 19.4. The van der Waals surface area contributed by atoms with E-state index < -0.39 is 0 Å². The fraction of sp³-hybridized carbons (Fsp3) is 0.375. The minimum Gasteiger partial charge on any atom is -0.336 e. The fourth-order valence-electron chi connectivity index (χ4n) is 4.49. The smallest absolute Gasteiger partial charge is 0.261 e. The third-order valence-electron chi connectivity index (χ3n) is 6.01. The quantitative estimate of drug-likeness (QED) is 0.716. The molecule has 5 heteroatoms. The summed E-state index contributed by atoms with van der Waals surface area (Å²) in [6.07, 6.45) is 5.73. The van der Waals surface area contributed by atoms with Gasteiger partial charge >= 0.3 is 0 Å². The highest BCUT2D eigenvalue weighted by molar-refractivity contribution is 6.21. The number of hydrogen-bond acceptors (Lipinski definition) is 3. The maximum Gasteiger partial charge on any atom is 0.261 e. The van der Waals surface area contributed by atoms with Crippen molar-refractivity contribution >= 4 is 17.7 Å². The molecule has 150 valence electrons. The summed E-state index contributed by atoms with van der Waals surface area (Å²) in [6, 6.07) is 14.5. The predicted molar refractivity (Wildman–Crippen MR) is 111 cm³/mol. The summed E-state index contributed by atoms with van der Waals surface area (Å²) in [4.78, 5) is 41.6. The number of amides is 3. The van der Waals surface area contributed by atoms with Crippen LogP contribution in [-0.4, -0.2) is 40.1 Å². The minimum atomic E-state index is -0.278. The Kier molecular flexibility index (Phi) is 5.47. The monoisotopic (exact) mass is 390 g/mol. The fourth-order valence-corrected chi connectivity index (χ4v) is 4.49. The molecule has 5 nitrogen and oxygen atoms in total. The molecule has 1 aliphatic heterocycles. The number of benzene rings is 2. The van der Waals surface area contributed by atoms with Gasteiger partial charge in [-0.15, -0.1) is 0 Å². The van der Waals surface area contributed by atoms with Crippen molar-refractivity contribution in [2.75, 3.05) is 6.54 Å². The Balaban J connectivity index is 1.53. The Hall–Kier alpha value is -2.95. The predicted octanol–water partition coefficient (Wildman–Crippen LogP) is 4.28. The summed E-state index contributed by atoms with van der Waals surface area (Å²) < 4.78 is 0. The van der Waals surface area contributed by atoms with E-state index in [1.165, 1.54) is 24.2 Å². The van der Waals surface area contributed by atoms with E-state index >= 15 is 0 Å². The summed E-state index contributed by atoms with van der Waals surface area (Å²) in [5.41, 5.74) is 2.29. The molecule has 0 unspecified atom stereocenters. The summed E-state index contributed by atoms with van der Waals surface area (Å²) in [6.45, 7) is 2.88. The lowest BCUT2D eigenvalue weighted by molar-refractivity contribution is 0.0638. The highest BCUT2D eigenvalue weighted by Crippen LogP contribution is 2.26. The lowest BCUT2D eigenvalue weighted by Crippen LogP contribution is -2.41. The van der Waals surface area contributed by atoms with Crippen molar-refractivity contribution in [3.63, 3.8) is 0 Å². The number of rotatable bonds is 5. The van der Waals surface area contributed by atoms with Crippen molar-refractivity contribution in [1.29, 1.82) is 0 Å². The van der Waals surface area contributed by atoms with Crippen LogP contribution in [0.4, 0.5) is 0 Å². The standard InChI is InChI=1S/C24H26N2O3/c1-2-25(19-11-4-3-5-12-19)22(27)18-10-8-9-17(15-18)16-26-23(28)20-13-6-7-14-21(20)24(26)29/h6-10,13-15,19H,2-5,11-12,16H2,1H3. The van der Waals surface area contributed by atoms with E-state index in [1.54, 1.807) is 24.3 Å². The molecule has 0 bridgehead atoms. The van der Waals surface area contributed by atoms with Gasteiger partial charge in [0.05, 0.1) is 17.7 Å². The first-order valence-electron chi connectivity index (χ1n) is 10.4. The Morgan fingerprint density at radius 1 is 0.966 bits per heavy atom. The molecule has 1 fully saturated rings. The molecule has 0 N–H and O–H groups in total. The molecule has 1 heterocycles. The molecule has 0 spiro atoms. The molecule has 1 aliphatic carbocycles. The zero-order valence-electron chi connectivity index (χ0n) is 16.8. The Morgan fingerprint density at radius 2 is 1.62 bits per heavy atom. The van der Waals surface area contributed by atoms with Crippen LogP contribution >= 0.6 is 0 Å². The molecular formula is C24H26N2O3. The van der Waals surface area contributed by atoms with Crippen LogP contribution in [0.1, 0.15) is 75.7 Å². The van der Waals surface area contributed by atoms with Gasteiger partial charge in [0.2, 0.25) is 0 Å². The molecule has 0 atom stereocenters. The number of hydrogen-bond donors (Lipinski definition) is 0. The lowest BCUT2D eigenvalue weighted by Gasteiger charge is -2.33. The molecule has 3 amide bonds. The van der Waals surface area contributed by atoms with Gasteiger partial charge in [0.25, 0.3) is 17.7 Å². The first-order chi connectivity index (χ1) is 14.1. The van der Waals surface area contributed by atoms with E-state index in [0.717, 1.165) is 18.4 Å². The molecule has 29 heavy (non-hydrogen) atoms. The number of carbonyl (C=O) groups excluding carboxylic acids is 3. The van der Waals surface area contributed by atoms with Gasteiger partial charge < -0.3 is 4.90 Å². The molecule has 2 aliphatic rings. The van der Waals surface area contributed by atoms with Crippen LogP contribution in [0, 0.1) is 0 Å². The average molecular weight is 390 g/mol. The SMILES string of the molecule is CCN(C(=O)c1cccc(CN2C(=O)c3ccccc3C2=O)c1)C1CCCCC1. The number of fused-ring (bicyclic) bond motifs is 1. The second kappa shape index (κ2) is 8.19. The largest absolute Gasteiger partial charge is 0.336 e. The molecule has 2 aromatic carbocycles. The van der Waals surface area contributed by atoms with Crippen LogP contribution in [0.3, 0.4) is 0 Å². The van der Waals surface area contributed by atoms with Crippen LogP contribution < -0.4 is 0 Å². The molecule has 2 aromatic rings. The molecule has 1 saturated carbocycles. The van der Waals surface area contributed by atoms with Gasteiger partial charge in [-0.2, -0.15) is 0 Å². The summed E-state index contributed by atoms with van der Waals surface area (Å²) in [5.74, 6) is -0.525. The maximum absolute atomic E-state index is 13.2.